The van der Waals surface area contributed by atoms with E-state index in [-0.39, 0.29) is 18.0 Å². The van der Waals surface area contributed by atoms with Gasteiger partial charge >= 0.3 is 0 Å². The van der Waals surface area contributed by atoms with E-state index in [2.05, 4.69) is 23.1 Å². The normalized spacial score (nSPS) is 23.3. The summed E-state index contributed by atoms with van der Waals surface area (Å²) in [6, 6.07) is 14.5. The van der Waals surface area contributed by atoms with Gasteiger partial charge < -0.3 is 14.6 Å². The molecule has 0 saturated carbocycles. The number of nitrogens with zero attached hydrogens (tertiary/aromatic N) is 1. The Morgan fingerprint density at radius 1 is 1.11 bits per heavy atom. The molecule has 27 heavy (non-hydrogen) atoms. The molecule has 2 aliphatic rings. The molecule has 0 amide bonds. The standard InChI is InChI=1S/C22H26FNO3/c23-17-6-8-19(9-7-17)27-20-11-12-24(14-20)13-18(25)15-26-22-10-5-16-3-1-2-4-21(16)22/h1-4,6-9,18,20,22,25H,5,10-15H2/t18?,20-,22-/m1/s1. The number of benzene rings is 2. The number of aliphatic hydroxyl groups is 1. The first kappa shape index (κ1) is 18.4. The highest BCUT2D eigenvalue weighted by Crippen LogP contribution is 2.33. The predicted octanol–water partition coefficient (Wildman–Crippen LogP) is 3.34. The number of β-amino-alcohol motifs (C(OH)–C–C–N with tert-alkyl or cyclic N) is 1. The first-order valence-electron chi connectivity index (χ1n) is 9.69. The SMILES string of the molecule is OC(CO[C@@H]1CCc2ccccc21)CN1CC[C@@H](Oc2ccc(F)cc2)C1. The highest BCUT2D eigenvalue weighted by molar-refractivity contribution is 5.33. The van der Waals surface area contributed by atoms with Crippen molar-refractivity contribution in [1.82, 2.24) is 4.90 Å². The maximum Gasteiger partial charge on any atom is 0.123 e. The van der Waals surface area contributed by atoms with Crippen molar-refractivity contribution < 1.29 is 19.0 Å². The van der Waals surface area contributed by atoms with Crippen molar-refractivity contribution in [2.45, 2.75) is 37.6 Å². The number of halogens is 1. The molecule has 0 bridgehead atoms. The highest BCUT2D eigenvalue weighted by atomic mass is 19.1. The molecule has 2 aromatic carbocycles. The van der Waals surface area contributed by atoms with Crippen molar-refractivity contribution >= 4 is 0 Å². The van der Waals surface area contributed by atoms with Crippen LogP contribution in [0, 0.1) is 5.82 Å². The van der Waals surface area contributed by atoms with Gasteiger partial charge in [-0.25, -0.2) is 4.39 Å². The fourth-order valence-corrected chi connectivity index (χ4v) is 4.03. The quantitative estimate of drug-likeness (QED) is 0.811. The molecular formula is C22H26FNO3. The third-order valence-corrected chi connectivity index (χ3v) is 5.38. The zero-order valence-corrected chi connectivity index (χ0v) is 15.4. The van der Waals surface area contributed by atoms with E-state index >= 15 is 0 Å². The number of aryl methyl sites for hydroxylation is 1. The predicted molar refractivity (Wildman–Crippen MR) is 101 cm³/mol. The second kappa shape index (κ2) is 8.38. The molecule has 1 aliphatic carbocycles. The molecule has 0 aromatic heterocycles. The van der Waals surface area contributed by atoms with Gasteiger partial charge in [-0.2, -0.15) is 0 Å². The number of ether oxygens (including phenoxy) is 2. The maximum absolute atomic E-state index is 13.0. The zero-order valence-electron chi connectivity index (χ0n) is 15.4. The minimum atomic E-state index is -0.512. The van der Waals surface area contributed by atoms with Gasteiger partial charge in [0.1, 0.15) is 17.7 Å². The number of aliphatic hydroxyl groups excluding tert-OH is 1. The summed E-state index contributed by atoms with van der Waals surface area (Å²) in [5.74, 6) is 0.426. The van der Waals surface area contributed by atoms with Crippen molar-refractivity contribution in [1.29, 1.82) is 0 Å². The van der Waals surface area contributed by atoms with E-state index in [0.29, 0.717) is 18.9 Å². The molecule has 4 rings (SSSR count). The number of rotatable bonds is 7. The van der Waals surface area contributed by atoms with Crippen LogP contribution in [0.2, 0.25) is 0 Å². The third kappa shape index (κ3) is 4.67. The lowest BCUT2D eigenvalue weighted by Crippen LogP contribution is -2.35. The lowest BCUT2D eigenvalue weighted by molar-refractivity contribution is -0.0200. The van der Waals surface area contributed by atoms with Crippen LogP contribution in [0.25, 0.3) is 0 Å². The van der Waals surface area contributed by atoms with E-state index in [1.54, 1.807) is 12.1 Å². The van der Waals surface area contributed by atoms with Crippen LogP contribution in [0.1, 0.15) is 30.1 Å². The molecule has 4 nitrogen and oxygen atoms in total. The summed E-state index contributed by atoms with van der Waals surface area (Å²) in [5, 5.41) is 10.4. The van der Waals surface area contributed by atoms with Gasteiger partial charge in [-0.05, 0) is 54.7 Å². The topological polar surface area (TPSA) is 41.9 Å². The van der Waals surface area contributed by atoms with Crippen LogP contribution in [-0.2, 0) is 11.2 Å². The molecule has 1 N–H and O–H groups in total. The maximum atomic E-state index is 13.0. The summed E-state index contributed by atoms with van der Waals surface area (Å²) < 4.78 is 24.9. The fourth-order valence-electron chi connectivity index (χ4n) is 4.03. The van der Waals surface area contributed by atoms with Crippen molar-refractivity contribution in [3.8, 4) is 5.75 Å². The first-order chi connectivity index (χ1) is 13.2. The van der Waals surface area contributed by atoms with Crippen LogP contribution in [0.3, 0.4) is 0 Å². The van der Waals surface area contributed by atoms with E-state index in [4.69, 9.17) is 9.47 Å². The van der Waals surface area contributed by atoms with Crippen LogP contribution in [0.15, 0.2) is 48.5 Å². The van der Waals surface area contributed by atoms with Crippen LogP contribution < -0.4 is 4.74 Å². The van der Waals surface area contributed by atoms with E-state index in [9.17, 15) is 9.50 Å². The van der Waals surface area contributed by atoms with E-state index in [1.165, 1.54) is 23.3 Å². The number of hydrogen-bond donors (Lipinski definition) is 1. The Bertz CT molecular complexity index is 751. The van der Waals surface area contributed by atoms with Crippen LogP contribution >= 0.6 is 0 Å². The average Bonchev–Trinajstić information content (AvgIpc) is 3.29. The van der Waals surface area contributed by atoms with Crippen LogP contribution in [0.5, 0.6) is 5.75 Å². The van der Waals surface area contributed by atoms with Gasteiger partial charge in [-0.1, -0.05) is 24.3 Å². The van der Waals surface area contributed by atoms with Crippen LogP contribution in [0.4, 0.5) is 4.39 Å². The van der Waals surface area contributed by atoms with E-state index in [0.717, 1.165) is 32.4 Å². The monoisotopic (exact) mass is 371 g/mol. The molecule has 1 aliphatic heterocycles. The first-order valence-corrected chi connectivity index (χ1v) is 9.69. The Morgan fingerprint density at radius 2 is 1.93 bits per heavy atom. The third-order valence-electron chi connectivity index (χ3n) is 5.38. The molecule has 3 atom stereocenters. The molecule has 1 fully saturated rings. The van der Waals surface area contributed by atoms with Gasteiger partial charge in [0.25, 0.3) is 0 Å². The summed E-state index contributed by atoms with van der Waals surface area (Å²) in [6.45, 7) is 2.58. The van der Waals surface area contributed by atoms with Crippen molar-refractivity contribution in [2.75, 3.05) is 26.2 Å². The minimum Gasteiger partial charge on any atom is -0.489 e. The van der Waals surface area contributed by atoms with Gasteiger partial charge in [0, 0.05) is 19.6 Å². The van der Waals surface area contributed by atoms with Gasteiger partial charge in [0.15, 0.2) is 0 Å². The summed E-state index contributed by atoms with van der Waals surface area (Å²) in [5.41, 5.74) is 2.62. The van der Waals surface area contributed by atoms with E-state index < -0.39 is 6.10 Å². The summed E-state index contributed by atoms with van der Waals surface area (Å²) in [4.78, 5) is 2.20. The zero-order chi connectivity index (χ0) is 18.6. The van der Waals surface area contributed by atoms with Crippen molar-refractivity contribution in [2.24, 2.45) is 0 Å². The fraction of sp³-hybridized carbons (Fsp3) is 0.455. The Kier molecular flexibility index (Phi) is 5.72. The van der Waals surface area contributed by atoms with Gasteiger partial charge in [-0.3, -0.25) is 4.90 Å². The second-order valence-electron chi connectivity index (χ2n) is 7.46. The smallest absolute Gasteiger partial charge is 0.123 e. The summed E-state index contributed by atoms with van der Waals surface area (Å²) in [7, 11) is 0. The molecule has 1 unspecified atom stereocenters. The molecule has 144 valence electrons. The Balaban J connectivity index is 1.20. The molecular weight excluding hydrogens is 345 g/mol. The molecule has 1 heterocycles. The Morgan fingerprint density at radius 3 is 2.78 bits per heavy atom. The molecule has 1 saturated heterocycles. The Labute approximate surface area is 159 Å². The number of fused-ring (bicyclic) bond motifs is 1. The molecule has 0 spiro atoms. The van der Waals surface area contributed by atoms with E-state index in [1.807, 2.05) is 6.07 Å². The lowest BCUT2D eigenvalue weighted by Gasteiger charge is -2.22. The molecule has 0 radical (unpaired) electrons. The lowest BCUT2D eigenvalue weighted by atomic mass is 10.1. The highest BCUT2D eigenvalue weighted by Gasteiger charge is 2.27. The Hall–Kier alpha value is -1.95. The van der Waals surface area contributed by atoms with Crippen molar-refractivity contribution in [3.63, 3.8) is 0 Å². The largest absolute Gasteiger partial charge is 0.489 e. The molecule has 2 aromatic rings. The van der Waals surface area contributed by atoms with Gasteiger partial charge in [0.2, 0.25) is 0 Å². The number of likely N-dealkylation sites (tertiary alicyclic amines) is 1. The van der Waals surface area contributed by atoms with Gasteiger partial charge in [-0.15, -0.1) is 0 Å². The average molecular weight is 371 g/mol. The number of hydrogen-bond acceptors (Lipinski definition) is 4. The molecule has 5 heteroatoms. The summed E-state index contributed by atoms with van der Waals surface area (Å²) >= 11 is 0. The second-order valence-corrected chi connectivity index (χ2v) is 7.46. The van der Waals surface area contributed by atoms with Crippen molar-refractivity contribution in [3.05, 3.63) is 65.5 Å². The van der Waals surface area contributed by atoms with Gasteiger partial charge in [0.05, 0.1) is 18.8 Å². The minimum absolute atomic E-state index is 0.0743. The summed E-state index contributed by atoms with van der Waals surface area (Å²) in [6.07, 6.45) is 2.60. The van der Waals surface area contributed by atoms with Crippen LogP contribution in [-0.4, -0.2) is 48.5 Å².